The van der Waals surface area contributed by atoms with E-state index in [1.165, 1.54) is 7.11 Å². The van der Waals surface area contributed by atoms with Crippen LogP contribution in [0.5, 0.6) is 5.75 Å². The number of pyridine rings is 1. The summed E-state index contributed by atoms with van der Waals surface area (Å²) in [7, 11) is 1.26. The number of hydrogen-bond donors (Lipinski definition) is 1. The van der Waals surface area contributed by atoms with Crippen LogP contribution < -0.4 is 10.1 Å². The molecule has 1 heterocycles. The third-order valence-corrected chi connectivity index (χ3v) is 3.17. The zero-order valence-corrected chi connectivity index (χ0v) is 14.7. The highest BCUT2D eigenvalue weighted by atomic mass is 16.6. The number of ether oxygens (including phenoxy) is 3. The lowest BCUT2D eigenvalue weighted by molar-refractivity contribution is -0.148. The predicted molar refractivity (Wildman–Crippen MR) is 92.4 cm³/mol. The summed E-state index contributed by atoms with van der Waals surface area (Å²) in [5.41, 5.74) is 0.108. The van der Waals surface area contributed by atoms with Crippen molar-refractivity contribution in [1.82, 2.24) is 10.3 Å². The maximum atomic E-state index is 12.0. The zero-order chi connectivity index (χ0) is 18.4. The van der Waals surface area contributed by atoms with Gasteiger partial charge in [-0.05, 0) is 45.0 Å². The molecule has 0 aliphatic rings. The van der Waals surface area contributed by atoms with Crippen LogP contribution in [0.2, 0.25) is 0 Å². The minimum absolute atomic E-state index is 0.0851. The first-order valence-electron chi connectivity index (χ1n) is 7.85. The lowest BCUT2D eigenvalue weighted by Gasteiger charge is -2.22. The molecular weight excluding hydrogens is 324 g/mol. The molecule has 7 heteroatoms. The molecule has 1 aromatic heterocycles. The number of carbonyl (C=O) groups excluding carboxylic acids is 2. The average Bonchev–Trinajstić information content (AvgIpc) is 2.56. The van der Waals surface area contributed by atoms with Crippen LogP contribution in [0.4, 0.5) is 4.79 Å². The fourth-order valence-electron chi connectivity index (χ4n) is 2.13. The Morgan fingerprint density at radius 3 is 2.64 bits per heavy atom. The second kappa shape index (κ2) is 7.83. The Kier molecular flexibility index (Phi) is 5.80. The standard InChI is InChI=1S/C18H22N2O5/c1-18(2,3)25-17(22)20-11-15(16(21)23-4)24-14-9-5-8-13-12(14)7-6-10-19-13/h5-10,15H,11H2,1-4H3,(H,20,22). The van der Waals surface area contributed by atoms with Crippen molar-refractivity contribution < 1.29 is 23.8 Å². The van der Waals surface area contributed by atoms with Gasteiger partial charge in [-0.15, -0.1) is 0 Å². The first kappa shape index (κ1) is 18.5. The van der Waals surface area contributed by atoms with Crippen molar-refractivity contribution >= 4 is 23.0 Å². The van der Waals surface area contributed by atoms with Gasteiger partial charge in [0.25, 0.3) is 0 Å². The topological polar surface area (TPSA) is 86.8 Å². The fourth-order valence-corrected chi connectivity index (χ4v) is 2.13. The van der Waals surface area contributed by atoms with Crippen LogP contribution in [0.25, 0.3) is 10.9 Å². The van der Waals surface area contributed by atoms with E-state index in [2.05, 4.69) is 10.3 Å². The van der Waals surface area contributed by atoms with Gasteiger partial charge in [-0.1, -0.05) is 6.07 Å². The van der Waals surface area contributed by atoms with Crippen LogP contribution in [0, 0.1) is 0 Å². The third kappa shape index (κ3) is 5.34. The normalized spacial score (nSPS) is 12.3. The van der Waals surface area contributed by atoms with Gasteiger partial charge in [0.2, 0.25) is 6.10 Å². The summed E-state index contributed by atoms with van der Waals surface area (Å²) in [5, 5.41) is 3.28. The number of rotatable bonds is 5. The van der Waals surface area contributed by atoms with E-state index in [1.54, 1.807) is 45.2 Å². The van der Waals surface area contributed by atoms with E-state index in [0.717, 1.165) is 10.9 Å². The van der Waals surface area contributed by atoms with Gasteiger partial charge in [-0.3, -0.25) is 4.98 Å². The molecule has 2 rings (SSSR count). The van der Waals surface area contributed by atoms with Gasteiger partial charge in [0.15, 0.2) is 0 Å². The lowest BCUT2D eigenvalue weighted by Crippen LogP contribution is -2.42. The van der Waals surface area contributed by atoms with E-state index in [-0.39, 0.29) is 6.54 Å². The van der Waals surface area contributed by atoms with E-state index in [4.69, 9.17) is 14.2 Å². The van der Waals surface area contributed by atoms with Crippen LogP contribution in [0.1, 0.15) is 20.8 Å². The highest BCUT2D eigenvalue weighted by molar-refractivity contribution is 5.85. The number of carbonyl (C=O) groups is 2. The second-order valence-corrected chi connectivity index (χ2v) is 6.34. The SMILES string of the molecule is COC(=O)C(CNC(=O)OC(C)(C)C)Oc1cccc2ncccc12. The molecule has 0 aliphatic carbocycles. The van der Waals surface area contributed by atoms with Gasteiger partial charge in [0.1, 0.15) is 11.4 Å². The van der Waals surface area contributed by atoms with E-state index in [0.29, 0.717) is 5.75 Å². The van der Waals surface area contributed by atoms with Crippen molar-refractivity contribution in [2.45, 2.75) is 32.5 Å². The Bertz CT molecular complexity index is 749. The molecule has 1 atom stereocenters. The second-order valence-electron chi connectivity index (χ2n) is 6.34. The predicted octanol–water partition coefficient (Wildman–Crippen LogP) is 2.68. The lowest BCUT2D eigenvalue weighted by atomic mass is 10.2. The van der Waals surface area contributed by atoms with E-state index in [1.807, 2.05) is 12.1 Å². The van der Waals surface area contributed by atoms with Gasteiger partial charge in [0.05, 0.1) is 19.2 Å². The van der Waals surface area contributed by atoms with E-state index < -0.39 is 23.8 Å². The first-order valence-corrected chi connectivity index (χ1v) is 7.85. The van der Waals surface area contributed by atoms with Crippen molar-refractivity contribution in [3.8, 4) is 5.75 Å². The number of methoxy groups -OCH3 is 1. The van der Waals surface area contributed by atoms with Crippen molar-refractivity contribution in [3.63, 3.8) is 0 Å². The number of benzene rings is 1. The van der Waals surface area contributed by atoms with Crippen LogP contribution in [-0.4, -0.2) is 42.4 Å². The molecule has 1 unspecified atom stereocenters. The number of fused-ring (bicyclic) bond motifs is 1. The molecule has 2 aromatic rings. The quantitative estimate of drug-likeness (QED) is 0.838. The number of amides is 1. The Balaban J connectivity index is 2.12. The molecule has 0 saturated carbocycles. The number of esters is 1. The monoisotopic (exact) mass is 346 g/mol. The number of nitrogens with zero attached hydrogens (tertiary/aromatic N) is 1. The molecule has 1 N–H and O–H groups in total. The summed E-state index contributed by atoms with van der Waals surface area (Å²) in [6, 6.07) is 8.97. The van der Waals surface area contributed by atoms with Crippen molar-refractivity contribution in [2.75, 3.05) is 13.7 Å². The molecule has 0 saturated heterocycles. The summed E-state index contributed by atoms with van der Waals surface area (Å²) in [6.45, 7) is 5.18. The fraction of sp³-hybridized carbons (Fsp3) is 0.389. The van der Waals surface area contributed by atoms with Crippen molar-refractivity contribution in [2.24, 2.45) is 0 Å². The minimum atomic E-state index is -1.01. The smallest absolute Gasteiger partial charge is 0.407 e. The Morgan fingerprint density at radius 1 is 1.20 bits per heavy atom. The number of alkyl carbamates (subject to hydrolysis) is 1. The Labute approximate surface area is 146 Å². The maximum Gasteiger partial charge on any atom is 0.407 e. The molecule has 0 bridgehead atoms. The third-order valence-electron chi connectivity index (χ3n) is 3.17. The molecule has 1 aromatic carbocycles. The summed E-state index contributed by atoms with van der Waals surface area (Å²) in [6.07, 6.45) is 0.0291. The Morgan fingerprint density at radius 2 is 1.96 bits per heavy atom. The van der Waals surface area contributed by atoms with Gasteiger partial charge >= 0.3 is 12.1 Å². The van der Waals surface area contributed by atoms with E-state index >= 15 is 0 Å². The molecule has 0 radical (unpaired) electrons. The summed E-state index contributed by atoms with van der Waals surface area (Å²) in [4.78, 5) is 28.0. The molecule has 0 fully saturated rings. The Hall–Kier alpha value is -2.83. The van der Waals surface area contributed by atoms with Crippen LogP contribution in [0.15, 0.2) is 36.5 Å². The minimum Gasteiger partial charge on any atom is -0.476 e. The summed E-state index contributed by atoms with van der Waals surface area (Å²) < 4.78 is 15.7. The number of hydrogen-bond acceptors (Lipinski definition) is 6. The van der Waals surface area contributed by atoms with Gasteiger partial charge < -0.3 is 19.5 Å². The van der Waals surface area contributed by atoms with Gasteiger partial charge in [0, 0.05) is 11.6 Å². The molecule has 25 heavy (non-hydrogen) atoms. The number of nitrogens with one attached hydrogen (secondary N) is 1. The highest BCUT2D eigenvalue weighted by Crippen LogP contribution is 2.24. The van der Waals surface area contributed by atoms with E-state index in [9.17, 15) is 9.59 Å². The number of aromatic nitrogens is 1. The van der Waals surface area contributed by atoms with Crippen molar-refractivity contribution in [3.05, 3.63) is 36.5 Å². The molecule has 134 valence electrons. The molecule has 0 aliphatic heterocycles. The average molecular weight is 346 g/mol. The van der Waals surface area contributed by atoms with Crippen LogP contribution in [-0.2, 0) is 14.3 Å². The van der Waals surface area contributed by atoms with Crippen LogP contribution >= 0.6 is 0 Å². The van der Waals surface area contributed by atoms with Crippen molar-refractivity contribution in [1.29, 1.82) is 0 Å². The highest BCUT2D eigenvalue weighted by Gasteiger charge is 2.24. The molecule has 7 nitrogen and oxygen atoms in total. The van der Waals surface area contributed by atoms with Gasteiger partial charge in [-0.25, -0.2) is 9.59 Å². The summed E-state index contributed by atoms with van der Waals surface area (Å²) >= 11 is 0. The van der Waals surface area contributed by atoms with Crippen LogP contribution in [0.3, 0.4) is 0 Å². The summed E-state index contributed by atoms with van der Waals surface area (Å²) in [5.74, 6) is -0.121. The largest absolute Gasteiger partial charge is 0.476 e. The first-order chi connectivity index (χ1) is 11.8. The molecule has 0 spiro atoms. The molecular formula is C18H22N2O5. The zero-order valence-electron chi connectivity index (χ0n) is 14.7. The van der Waals surface area contributed by atoms with Gasteiger partial charge in [-0.2, -0.15) is 0 Å². The molecule has 1 amide bonds. The maximum absolute atomic E-state index is 12.0.